The fourth-order valence-electron chi connectivity index (χ4n) is 3.70. The Hall–Kier alpha value is -3.69. The Labute approximate surface area is 231 Å². The van der Waals surface area contributed by atoms with Gasteiger partial charge in [0.25, 0.3) is 11.8 Å². The second kappa shape index (κ2) is 12.0. The van der Waals surface area contributed by atoms with Gasteiger partial charge in [-0.2, -0.15) is 0 Å². The molecule has 0 atom stereocenters. The summed E-state index contributed by atoms with van der Waals surface area (Å²) >= 11 is 6.70. The van der Waals surface area contributed by atoms with Crippen molar-refractivity contribution < 1.29 is 14.4 Å². The van der Waals surface area contributed by atoms with E-state index in [2.05, 4.69) is 47.5 Å². The highest BCUT2D eigenvalue weighted by atomic mass is 79.9. The molecule has 0 saturated carbocycles. The number of H-pyrrole nitrogens is 1. The molecule has 1 heterocycles. The van der Waals surface area contributed by atoms with E-state index >= 15 is 0 Å². The van der Waals surface area contributed by atoms with Gasteiger partial charge >= 0.3 is 0 Å². The van der Waals surface area contributed by atoms with E-state index in [0.29, 0.717) is 29.2 Å². The second-order valence-electron chi connectivity index (χ2n) is 8.48. The summed E-state index contributed by atoms with van der Waals surface area (Å²) in [5, 5.41) is 5.71. The molecule has 4 aromatic rings. The molecule has 9 heteroatoms. The standard InChI is InChI=1S/C28H24Br2N4O3/c1-34(17-19-3-2-4-24(13-19)33-27(36)25-15-22(30)16-31-25)28(37)20-7-11-23(12-8-20)32-26(35)14-18-5-9-21(29)10-6-18/h2-13,15-16,31H,14,17H2,1H3,(H,32,35)(H,33,36). The average Bonchev–Trinajstić information content (AvgIpc) is 3.32. The van der Waals surface area contributed by atoms with E-state index in [4.69, 9.17) is 0 Å². The van der Waals surface area contributed by atoms with Crippen molar-refractivity contribution in [3.8, 4) is 0 Å². The number of benzene rings is 3. The molecular formula is C28H24Br2N4O3. The summed E-state index contributed by atoms with van der Waals surface area (Å²) in [6.07, 6.45) is 1.95. The summed E-state index contributed by atoms with van der Waals surface area (Å²) in [5.41, 5.74) is 4.00. The Kier molecular flexibility index (Phi) is 8.58. The molecule has 0 bridgehead atoms. The highest BCUT2D eigenvalue weighted by Crippen LogP contribution is 2.18. The number of hydrogen-bond acceptors (Lipinski definition) is 3. The molecule has 37 heavy (non-hydrogen) atoms. The van der Waals surface area contributed by atoms with Gasteiger partial charge in [-0.3, -0.25) is 14.4 Å². The largest absolute Gasteiger partial charge is 0.356 e. The highest BCUT2D eigenvalue weighted by Gasteiger charge is 2.14. The number of nitrogens with one attached hydrogen (secondary N) is 3. The van der Waals surface area contributed by atoms with E-state index in [0.717, 1.165) is 20.1 Å². The molecule has 188 valence electrons. The normalized spacial score (nSPS) is 10.6. The minimum Gasteiger partial charge on any atom is -0.356 e. The predicted octanol–water partition coefficient (Wildman–Crippen LogP) is 6.25. The van der Waals surface area contributed by atoms with Crippen LogP contribution < -0.4 is 10.6 Å². The van der Waals surface area contributed by atoms with Crippen molar-refractivity contribution in [1.82, 2.24) is 9.88 Å². The molecule has 0 radical (unpaired) electrons. The maximum atomic E-state index is 13.0. The first-order chi connectivity index (χ1) is 17.8. The molecule has 1 aromatic heterocycles. The third-order valence-electron chi connectivity index (χ3n) is 5.54. The Morgan fingerprint density at radius 3 is 2.22 bits per heavy atom. The summed E-state index contributed by atoms with van der Waals surface area (Å²) < 4.78 is 1.75. The van der Waals surface area contributed by atoms with Crippen LogP contribution in [0.4, 0.5) is 11.4 Å². The lowest BCUT2D eigenvalue weighted by Crippen LogP contribution is -2.26. The fraction of sp³-hybridized carbons (Fsp3) is 0.107. The van der Waals surface area contributed by atoms with Crippen LogP contribution in [0.1, 0.15) is 32.0 Å². The third kappa shape index (κ3) is 7.41. The molecule has 0 fully saturated rings. The Balaban J connectivity index is 1.32. The third-order valence-corrected chi connectivity index (χ3v) is 6.52. The minimum absolute atomic E-state index is 0.130. The molecule has 0 unspecified atom stereocenters. The first-order valence-corrected chi connectivity index (χ1v) is 13.0. The molecule has 3 aromatic carbocycles. The van der Waals surface area contributed by atoms with E-state index in [1.165, 1.54) is 0 Å². The maximum Gasteiger partial charge on any atom is 0.272 e. The van der Waals surface area contributed by atoms with Crippen molar-refractivity contribution in [3.05, 3.63) is 116 Å². The van der Waals surface area contributed by atoms with Gasteiger partial charge in [0, 0.05) is 45.7 Å². The van der Waals surface area contributed by atoms with Crippen LogP contribution >= 0.6 is 31.9 Å². The van der Waals surface area contributed by atoms with Crippen molar-refractivity contribution in [2.45, 2.75) is 13.0 Å². The molecule has 0 aliphatic rings. The Morgan fingerprint density at radius 1 is 0.811 bits per heavy atom. The van der Waals surface area contributed by atoms with Crippen LogP contribution in [0, 0.1) is 0 Å². The number of aromatic amines is 1. The zero-order chi connectivity index (χ0) is 26.4. The van der Waals surface area contributed by atoms with Gasteiger partial charge in [0.2, 0.25) is 5.91 Å². The molecule has 7 nitrogen and oxygen atoms in total. The number of halogens is 2. The lowest BCUT2D eigenvalue weighted by molar-refractivity contribution is -0.115. The zero-order valence-electron chi connectivity index (χ0n) is 19.9. The number of anilines is 2. The molecular weight excluding hydrogens is 600 g/mol. The van der Waals surface area contributed by atoms with Gasteiger partial charge < -0.3 is 20.5 Å². The Bertz CT molecular complexity index is 1420. The molecule has 0 aliphatic carbocycles. The lowest BCUT2D eigenvalue weighted by Gasteiger charge is -2.18. The van der Waals surface area contributed by atoms with Crippen LogP contribution in [0.15, 0.2) is 94.0 Å². The second-order valence-corrected chi connectivity index (χ2v) is 10.3. The predicted molar refractivity (Wildman–Crippen MR) is 152 cm³/mol. The number of aromatic nitrogens is 1. The smallest absolute Gasteiger partial charge is 0.272 e. The Morgan fingerprint density at radius 2 is 1.54 bits per heavy atom. The van der Waals surface area contributed by atoms with Crippen molar-refractivity contribution >= 4 is 61.0 Å². The van der Waals surface area contributed by atoms with Gasteiger partial charge in [0.15, 0.2) is 0 Å². The number of carbonyl (C=O) groups excluding carboxylic acids is 3. The van der Waals surface area contributed by atoms with Gasteiger partial charge in [-0.25, -0.2) is 0 Å². The molecule has 0 aliphatic heterocycles. The van der Waals surface area contributed by atoms with Gasteiger partial charge in [-0.1, -0.05) is 40.2 Å². The maximum absolute atomic E-state index is 13.0. The topological polar surface area (TPSA) is 94.3 Å². The molecule has 0 spiro atoms. The average molecular weight is 624 g/mol. The van der Waals surface area contributed by atoms with Crippen molar-refractivity contribution in [3.63, 3.8) is 0 Å². The SMILES string of the molecule is CN(Cc1cccc(NC(=O)c2cc(Br)c[nH]2)c1)C(=O)c1ccc(NC(=O)Cc2ccc(Br)cc2)cc1. The summed E-state index contributed by atoms with van der Waals surface area (Å²) in [5.74, 6) is -0.538. The molecule has 0 saturated heterocycles. The first-order valence-electron chi connectivity index (χ1n) is 11.4. The number of carbonyl (C=O) groups is 3. The first kappa shape index (κ1) is 26.4. The van der Waals surface area contributed by atoms with Crippen LogP contribution in [0.2, 0.25) is 0 Å². The van der Waals surface area contributed by atoms with Gasteiger partial charge in [0.1, 0.15) is 5.69 Å². The monoisotopic (exact) mass is 622 g/mol. The summed E-state index contributed by atoms with van der Waals surface area (Å²) in [6, 6.07) is 23.5. The number of nitrogens with zero attached hydrogens (tertiary/aromatic N) is 1. The van der Waals surface area contributed by atoms with Crippen LogP contribution in [-0.4, -0.2) is 34.7 Å². The number of rotatable bonds is 8. The molecule has 4 rings (SSSR count). The summed E-state index contributed by atoms with van der Waals surface area (Å²) in [6.45, 7) is 0.363. The number of hydrogen-bond donors (Lipinski definition) is 3. The summed E-state index contributed by atoms with van der Waals surface area (Å²) in [4.78, 5) is 42.2. The van der Waals surface area contributed by atoms with Crippen LogP contribution in [0.25, 0.3) is 0 Å². The molecule has 3 N–H and O–H groups in total. The number of amides is 3. The van der Waals surface area contributed by atoms with Gasteiger partial charge in [0.05, 0.1) is 6.42 Å². The van der Waals surface area contributed by atoms with E-state index < -0.39 is 0 Å². The lowest BCUT2D eigenvalue weighted by atomic mass is 10.1. The zero-order valence-corrected chi connectivity index (χ0v) is 23.1. The summed E-state index contributed by atoms with van der Waals surface area (Å²) in [7, 11) is 1.72. The quantitative estimate of drug-likeness (QED) is 0.217. The van der Waals surface area contributed by atoms with E-state index in [-0.39, 0.29) is 24.1 Å². The minimum atomic E-state index is -0.253. The van der Waals surface area contributed by atoms with Gasteiger partial charge in [-0.05, 0) is 81.7 Å². The van der Waals surface area contributed by atoms with Crippen LogP contribution in [0.3, 0.4) is 0 Å². The van der Waals surface area contributed by atoms with Crippen molar-refractivity contribution in [2.24, 2.45) is 0 Å². The molecule has 3 amide bonds. The van der Waals surface area contributed by atoms with E-state index in [1.54, 1.807) is 54.5 Å². The van der Waals surface area contributed by atoms with Crippen molar-refractivity contribution in [2.75, 3.05) is 17.7 Å². The van der Waals surface area contributed by atoms with E-state index in [1.807, 2.05) is 42.5 Å². The van der Waals surface area contributed by atoms with E-state index in [9.17, 15) is 14.4 Å². The fourth-order valence-corrected chi connectivity index (χ4v) is 4.31. The van der Waals surface area contributed by atoms with Crippen molar-refractivity contribution in [1.29, 1.82) is 0 Å². The van der Waals surface area contributed by atoms with Crippen LogP contribution in [-0.2, 0) is 17.8 Å². The van der Waals surface area contributed by atoms with Crippen LogP contribution in [0.5, 0.6) is 0 Å². The van der Waals surface area contributed by atoms with Gasteiger partial charge in [-0.15, -0.1) is 0 Å². The highest BCUT2D eigenvalue weighted by molar-refractivity contribution is 9.10.